The van der Waals surface area contributed by atoms with Gasteiger partial charge in [-0.15, -0.1) is 0 Å². The summed E-state index contributed by atoms with van der Waals surface area (Å²) in [5, 5.41) is 2.86. The summed E-state index contributed by atoms with van der Waals surface area (Å²) in [6, 6.07) is 16.7. The summed E-state index contributed by atoms with van der Waals surface area (Å²) in [6.45, 7) is 2.74. The predicted octanol–water partition coefficient (Wildman–Crippen LogP) is 2.45. The van der Waals surface area contributed by atoms with Gasteiger partial charge in [0.1, 0.15) is 17.0 Å². The first-order chi connectivity index (χ1) is 11.5. The van der Waals surface area contributed by atoms with Gasteiger partial charge in [0.15, 0.2) is 0 Å². The van der Waals surface area contributed by atoms with Gasteiger partial charge in [-0.3, -0.25) is 4.79 Å². The molecular formula is C19H24N2O3. The van der Waals surface area contributed by atoms with E-state index in [1.165, 1.54) is 0 Å². The number of nitrogens with one attached hydrogen (secondary N) is 1. The predicted molar refractivity (Wildman–Crippen MR) is 94.1 cm³/mol. The minimum absolute atomic E-state index is 0.196. The van der Waals surface area contributed by atoms with Crippen molar-refractivity contribution < 1.29 is 14.3 Å². The molecule has 0 spiro atoms. The SMILES string of the molecule is COc1ccc(OCCCNC(=O)C(C)(N)c2ccccc2)cc1. The Labute approximate surface area is 142 Å². The average Bonchev–Trinajstić information content (AvgIpc) is 2.62. The normalized spacial score (nSPS) is 13.0. The Hall–Kier alpha value is -2.53. The van der Waals surface area contributed by atoms with Gasteiger partial charge in [0.2, 0.25) is 5.91 Å². The number of methoxy groups -OCH3 is 1. The van der Waals surface area contributed by atoms with Crippen LogP contribution in [0.4, 0.5) is 0 Å². The van der Waals surface area contributed by atoms with E-state index in [2.05, 4.69) is 5.32 Å². The summed E-state index contributed by atoms with van der Waals surface area (Å²) in [7, 11) is 1.62. The number of benzene rings is 2. The molecule has 2 aromatic carbocycles. The highest BCUT2D eigenvalue weighted by molar-refractivity contribution is 5.86. The van der Waals surface area contributed by atoms with Crippen LogP contribution >= 0.6 is 0 Å². The average molecular weight is 328 g/mol. The lowest BCUT2D eigenvalue weighted by molar-refractivity contribution is -0.126. The van der Waals surface area contributed by atoms with Crippen LogP contribution in [-0.2, 0) is 10.3 Å². The molecule has 0 fully saturated rings. The Morgan fingerprint density at radius 2 is 1.71 bits per heavy atom. The molecule has 0 aliphatic carbocycles. The fourth-order valence-electron chi connectivity index (χ4n) is 2.24. The highest BCUT2D eigenvalue weighted by atomic mass is 16.5. The third-order valence-corrected chi connectivity index (χ3v) is 3.78. The van der Waals surface area contributed by atoms with E-state index in [0.29, 0.717) is 19.6 Å². The number of carbonyl (C=O) groups is 1. The van der Waals surface area contributed by atoms with Gasteiger partial charge in [0.05, 0.1) is 13.7 Å². The van der Waals surface area contributed by atoms with E-state index in [-0.39, 0.29) is 5.91 Å². The lowest BCUT2D eigenvalue weighted by Gasteiger charge is -2.24. The molecule has 0 saturated carbocycles. The van der Waals surface area contributed by atoms with Crippen molar-refractivity contribution in [1.29, 1.82) is 0 Å². The van der Waals surface area contributed by atoms with Crippen LogP contribution in [0.5, 0.6) is 11.5 Å². The van der Waals surface area contributed by atoms with Crippen molar-refractivity contribution in [3.8, 4) is 11.5 Å². The van der Waals surface area contributed by atoms with Crippen LogP contribution in [0.25, 0.3) is 0 Å². The van der Waals surface area contributed by atoms with E-state index in [0.717, 1.165) is 17.1 Å². The Morgan fingerprint density at radius 3 is 2.33 bits per heavy atom. The lowest BCUT2D eigenvalue weighted by atomic mass is 9.92. The van der Waals surface area contributed by atoms with Crippen molar-refractivity contribution >= 4 is 5.91 Å². The van der Waals surface area contributed by atoms with Gasteiger partial charge in [0.25, 0.3) is 0 Å². The summed E-state index contributed by atoms with van der Waals surface area (Å²) in [5.41, 5.74) is 5.90. The smallest absolute Gasteiger partial charge is 0.244 e. The quantitative estimate of drug-likeness (QED) is 0.730. The molecule has 1 amide bonds. The third-order valence-electron chi connectivity index (χ3n) is 3.78. The molecule has 3 N–H and O–H groups in total. The standard InChI is InChI=1S/C19H24N2O3/c1-19(20,15-7-4-3-5-8-15)18(22)21-13-6-14-24-17-11-9-16(23-2)10-12-17/h3-5,7-12H,6,13-14,20H2,1-2H3,(H,21,22). The van der Waals surface area contributed by atoms with Crippen molar-refractivity contribution in [2.75, 3.05) is 20.3 Å². The Bertz CT molecular complexity index is 639. The van der Waals surface area contributed by atoms with Gasteiger partial charge in [-0.2, -0.15) is 0 Å². The number of carbonyl (C=O) groups excluding carboxylic acids is 1. The van der Waals surface area contributed by atoms with Crippen LogP contribution in [0.3, 0.4) is 0 Å². The molecule has 2 aromatic rings. The molecule has 24 heavy (non-hydrogen) atoms. The van der Waals surface area contributed by atoms with Gasteiger partial charge in [-0.1, -0.05) is 30.3 Å². The van der Waals surface area contributed by atoms with E-state index in [1.807, 2.05) is 54.6 Å². The number of rotatable bonds is 8. The van der Waals surface area contributed by atoms with Crippen LogP contribution in [0.1, 0.15) is 18.9 Å². The molecule has 2 rings (SSSR count). The molecular weight excluding hydrogens is 304 g/mol. The zero-order chi connectivity index (χ0) is 17.4. The van der Waals surface area contributed by atoms with E-state index in [4.69, 9.17) is 15.2 Å². The highest BCUT2D eigenvalue weighted by Crippen LogP contribution is 2.18. The molecule has 0 saturated heterocycles. The van der Waals surface area contributed by atoms with E-state index in [9.17, 15) is 4.79 Å². The van der Waals surface area contributed by atoms with Gasteiger partial charge in [-0.25, -0.2) is 0 Å². The molecule has 128 valence electrons. The van der Waals surface area contributed by atoms with Crippen LogP contribution in [0, 0.1) is 0 Å². The molecule has 5 nitrogen and oxygen atoms in total. The maximum absolute atomic E-state index is 12.3. The number of hydrogen-bond acceptors (Lipinski definition) is 4. The maximum atomic E-state index is 12.3. The Morgan fingerprint density at radius 1 is 1.08 bits per heavy atom. The number of amides is 1. The second-order valence-electron chi connectivity index (χ2n) is 5.70. The molecule has 0 aliphatic rings. The minimum atomic E-state index is -1.04. The molecule has 1 unspecified atom stereocenters. The van der Waals surface area contributed by atoms with Crippen molar-refractivity contribution in [3.63, 3.8) is 0 Å². The topological polar surface area (TPSA) is 73.6 Å². The van der Waals surface area contributed by atoms with Crippen LogP contribution in [0.15, 0.2) is 54.6 Å². The fraction of sp³-hybridized carbons (Fsp3) is 0.316. The zero-order valence-electron chi connectivity index (χ0n) is 14.1. The van der Waals surface area contributed by atoms with Crippen molar-refractivity contribution in [1.82, 2.24) is 5.32 Å². The summed E-state index contributed by atoms with van der Waals surface area (Å²) < 4.78 is 10.7. The minimum Gasteiger partial charge on any atom is -0.497 e. The largest absolute Gasteiger partial charge is 0.497 e. The van der Waals surface area contributed by atoms with Gasteiger partial charge < -0.3 is 20.5 Å². The van der Waals surface area contributed by atoms with Crippen LogP contribution in [-0.4, -0.2) is 26.2 Å². The molecule has 5 heteroatoms. The number of nitrogens with two attached hydrogens (primary N) is 1. The van der Waals surface area contributed by atoms with Gasteiger partial charge in [0, 0.05) is 6.54 Å². The van der Waals surface area contributed by atoms with Crippen LogP contribution in [0.2, 0.25) is 0 Å². The summed E-state index contributed by atoms with van der Waals surface area (Å²) in [4.78, 5) is 12.3. The zero-order valence-corrected chi connectivity index (χ0v) is 14.1. The summed E-state index contributed by atoms with van der Waals surface area (Å²) >= 11 is 0. The van der Waals surface area contributed by atoms with Crippen LogP contribution < -0.4 is 20.5 Å². The first kappa shape index (κ1) is 17.8. The van der Waals surface area contributed by atoms with Crippen molar-refractivity contribution in [2.24, 2.45) is 5.73 Å². The Balaban J connectivity index is 1.72. The second kappa shape index (κ2) is 8.36. The Kier molecular flexibility index (Phi) is 6.21. The number of ether oxygens (including phenoxy) is 2. The maximum Gasteiger partial charge on any atom is 0.244 e. The van der Waals surface area contributed by atoms with Gasteiger partial charge in [-0.05, 0) is 43.2 Å². The van der Waals surface area contributed by atoms with E-state index in [1.54, 1.807) is 14.0 Å². The third kappa shape index (κ3) is 4.73. The van der Waals surface area contributed by atoms with E-state index < -0.39 is 5.54 Å². The van der Waals surface area contributed by atoms with Crippen molar-refractivity contribution in [2.45, 2.75) is 18.9 Å². The first-order valence-corrected chi connectivity index (χ1v) is 7.93. The second-order valence-corrected chi connectivity index (χ2v) is 5.70. The molecule has 1 atom stereocenters. The van der Waals surface area contributed by atoms with Crippen molar-refractivity contribution in [3.05, 3.63) is 60.2 Å². The molecule has 0 bridgehead atoms. The molecule has 0 aromatic heterocycles. The summed E-state index contributed by atoms with van der Waals surface area (Å²) in [6.07, 6.45) is 0.697. The van der Waals surface area contributed by atoms with Gasteiger partial charge >= 0.3 is 0 Å². The lowest BCUT2D eigenvalue weighted by Crippen LogP contribution is -2.49. The number of hydrogen-bond donors (Lipinski definition) is 2. The monoisotopic (exact) mass is 328 g/mol. The van der Waals surface area contributed by atoms with E-state index >= 15 is 0 Å². The fourth-order valence-corrected chi connectivity index (χ4v) is 2.24. The molecule has 0 aliphatic heterocycles. The first-order valence-electron chi connectivity index (χ1n) is 7.93. The molecule has 0 radical (unpaired) electrons. The molecule has 0 heterocycles. The summed E-state index contributed by atoms with van der Waals surface area (Å²) in [5.74, 6) is 1.37. The highest BCUT2D eigenvalue weighted by Gasteiger charge is 2.29.